The van der Waals surface area contributed by atoms with Crippen LogP contribution in [-0.4, -0.2) is 19.8 Å². The van der Waals surface area contributed by atoms with Crippen LogP contribution in [0.15, 0.2) is 29.6 Å². The summed E-state index contributed by atoms with van der Waals surface area (Å²) in [6.07, 6.45) is 0.992. The maximum atomic E-state index is 6.01. The van der Waals surface area contributed by atoms with Gasteiger partial charge in [0.15, 0.2) is 11.5 Å². The number of hydrogen-bond donors (Lipinski definition) is 2. The van der Waals surface area contributed by atoms with E-state index in [0.29, 0.717) is 18.9 Å². The first kappa shape index (κ1) is 12.2. The second kappa shape index (κ2) is 5.40. The van der Waals surface area contributed by atoms with E-state index >= 15 is 0 Å². The first-order valence-electron chi connectivity index (χ1n) is 6.28. The lowest BCUT2D eigenvalue weighted by Gasteiger charge is -2.20. The van der Waals surface area contributed by atoms with E-state index in [1.165, 1.54) is 4.88 Å². The van der Waals surface area contributed by atoms with Gasteiger partial charge in [-0.1, -0.05) is 6.07 Å². The molecule has 5 heteroatoms. The summed E-state index contributed by atoms with van der Waals surface area (Å²) in [7, 11) is 0. The predicted molar refractivity (Wildman–Crippen MR) is 78.4 cm³/mol. The summed E-state index contributed by atoms with van der Waals surface area (Å²) in [5, 5.41) is 5.44. The highest BCUT2D eigenvalue weighted by Crippen LogP contribution is 2.36. The predicted octanol–water partition coefficient (Wildman–Crippen LogP) is 2.76. The maximum Gasteiger partial charge on any atom is 0.163 e. The number of nitrogens with two attached hydrogens (primary N) is 1. The molecule has 1 aliphatic heterocycles. The minimum Gasteiger partial charge on any atom is -0.486 e. The van der Waals surface area contributed by atoms with Gasteiger partial charge >= 0.3 is 0 Å². The lowest BCUT2D eigenvalue weighted by molar-refractivity contribution is 0.172. The molecular weight excluding hydrogens is 260 g/mol. The lowest BCUT2D eigenvalue weighted by atomic mass is 10.2. The van der Waals surface area contributed by atoms with Gasteiger partial charge in [-0.3, -0.25) is 0 Å². The Hall–Kier alpha value is -1.88. The minimum atomic E-state index is 0.581. The Balaban J connectivity index is 1.67. The Morgan fingerprint density at radius 1 is 1.21 bits per heavy atom. The van der Waals surface area contributed by atoms with Crippen molar-refractivity contribution in [2.45, 2.75) is 6.42 Å². The van der Waals surface area contributed by atoms with Crippen LogP contribution in [0.3, 0.4) is 0 Å². The Morgan fingerprint density at radius 2 is 2.00 bits per heavy atom. The third-order valence-corrected chi connectivity index (χ3v) is 3.92. The van der Waals surface area contributed by atoms with Crippen molar-refractivity contribution < 1.29 is 9.47 Å². The molecule has 1 aromatic heterocycles. The van der Waals surface area contributed by atoms with Crippen molar-refractivity contribution in [3.05, 3.63) is 34.5 Å². The van der Waals surface area contributed by atoms with Crippen LogP contribution in [0.1, 0.15) is 4.88 Å². The van der Waals surface area contributed by atoms with Gasteiger partial charge in [0, 0.05) is 23.6 Å². The quantitative estimate of drug-likeness (QED) is 0.843. The second-order valence-electron chi connectivity index (χ2n) is 4.34. The summed E-state index contributed by atoms with van der Waals surface area (Å²) in [4.78, 5) is 1.36. The van der Waals surface area contributed by atoms with Crippen LogP contribution in [0, 0.1) is 0 Å². The van der Waals surface area contributed by atoms with E-state index in [9.17, 15) is 0 Å². The fourth-order valence-corrected chi connectivity index (χ4v) is 2.74. The number of hydrogen-bond acceptors (Lipinski definition) is 5. The summed E-state index contributed by atoms with van der Waals surface area (Å²) in [6.45, 7) is 2.02. The zero-order valence-electron chi connectivity index (χ0n) is 10.5. The summed E-state index contributed by atoms with van der Waals surface area (Å²) in [5.41, 5.74) is 7.60. The molecule has 0 atom stereocenters. The Kier molecular flexibility index (Phi) is 3.46. The number of thiophene rings is 1. The number of nitrogens with one attached hydrogen (secondary N) is 1. The number of fused-ring (bicyclic) bond motifs is 1. The molecule has 0 spiro atoms. The first-order valence-corrected chi connectivity index (χ1v) is 7.16. The molecule has 1 aromatic carbocycles. The van der Waals surface area contributed by atoms with E-state index in [2.05, 4.69) is 22.8 Å². The minimum absolute atomic E-state index is 0.581. The van der Waals surface area contributed by atoms with Gasteiger partial charge in [-0.15, -0.1) is 11.3 Å². The fourth-order valence-electron chi connectivity index (χ4n) is 2.03. The van der Waals surface area contributed by atoms with Crippen LogP contribution in [0.2, 0.25) is 0 Å². The van der Waals surface area contributed by atoms with Crippen LogP contribution in [0.4, 0.5) is 11.4 Å². The van der Waals surface area contributed by atoms with E-state index in [0.717, 1.165) is 30.2 Å². The molecule has 3 N–H and O–H groups in total. The normalized spacial score (nSPS) is 13.3. The van der Waals surface area contributed by atoms with E-state index in [-0.39, 0.29) is 0 Å². The zero-order chi connectivity index (χ0) is 13.1. The van der Waals surface area contributed by atoms with Gasteiger partial charge < -0.3 is 20.5 Å². The topological polar surface area (TPSA) is 56.5 Å². The molecule has 100 valence electrons. The van der Waals surface area contributed by atoms with Gasteiger partial charge in [0.25, 0.3) is 0 Å². The molecular formula is C14H16N2O2S. The molecule has 19 heavy (non-hydrogen) atoms. The Bertz CT molecular complexity index is 555. The Labute approximate surface area is 116 Å². The van der Waals surface area contributed by atoms with E-state index in [1.807, 2.05) is 12.1 Å². The standard InChI is InChI=1S/C14H16N2O2S/c15-11-8-13-14(18-6-5-17-13)9-12(11)16-4-3-10-2-1-7-19-10/h1-2,7-9,16H,3-6,15H2. The highest BCUT2D eigenvalue weighted by atomic mass is 32.1. The maximum absolute atomic E-state index is 6.01. The van der Waals surface area contributed by atoms with Gasteiger partial charge in [0.1, 0.15) is 13.2 Å². The molecule has 1 aliphatic rings. The Morgan fingerprint density at radius 3 is 2.74 bits per heavy atom. The summed E-state index contributed by atoms with van der Waals surface area (Å²) in [6, 6.07) is 7.94. The van der Waals surface area contributed by atoms with Crippen molar-refractivity contribution in [1.29, 1.82) is 0 Å². The average molecular weight is 276 g/mol. The van der Waals surface area contributed by atoms with Crippen molar-refractivity contribution in [2.75, 3.05) is 30.8 Å². The molecule has 0 aliphatic carbocycles. The van der Waals surface area contributed by atoms with E-state index < -0.39 is 0 Å². The van der Waals surface area contributed by atoms with Crippen molar-refractivity contribution in [1.82, 2.24) is 0 Å². The molecule has 2 heterocycles. The third kappa shape index (κ3) is 2.76. The molecule has 0 unspecified atom stereocenters. The number of nitrogen functional groups attached to an aromatic ring is 1. The molecule has 0 radical (unpaired) electrons. The van der Waals surface area contributed by atoms with E-state index in [1.54, 1.807) is 11.3 Å². The molecule has 4 nitrogen and oxygen atoms in total. The molecule has 0 saturated heterocycles. The van der Waals surface area contributed by atoms with Crippen molar-refractivity contribution in [3.8, 4) is 11.5 Å². The van der Waals surface area contributed by atoms with Gasteiger partial charge in [0.2, 0.25) is 0 Å². The van der Waals surface area contributed by atoms with Crippen LogP contribution < -0.4 is 20.5 Å². The smallest absolute Gasteiger partial charge is 0.163 e. The first-order chi connectivity index (χ1) is 9.33. The largest absolute Gasteiger partial charge is 0.486 e. The zero-order valence-corrected chi connectivity index (χ0v) is 11.3. The van der Waals surface area contributed by atoms with Gasteiger partial charge in [-0.25, -0.2) is 0 Å². The van der Waals surface area contributed by atoms with Crippen LogP contribution in [0.5, 0.6) is 11.5 Å². The third-order valence-electron chi connectivity index (χ3n) is 2.98. The highest BCUT2D eigenvalue weighted by Gasteiger charge is 2.14. The van der Waals surface area contributed by atoms with Crippen molar-refractivity contribution in [3.63, 3.8) is 0 Å². The van der Waals surface area contributed by atoms with Crippen LogP contribution in [-0.2, 0) is 6.42 Å². The average Bonchev–Trinajstić information content (AvgIpc) is 2.92. The summed E-state index contributed by atoms with van der Waals surface area (Å²) >= 11 is 1.77. The molecule has 0 bridgehead atoms. The van der Waals surface area contributed by atoms with Crippen LogP contribution >= 0.6 is 11.3 Å². The number of rotatable bonds is 4. The summed E-state index contributed by atoms with van der Waals surface area (Å²) in [5.74, 6) is 1.49. The summed E-state index contributed by atoms with van der Waals surface area (Å²) < 4.78 is 11.0. The van der Waals surface area contributed by atoms with Crippen molar-refractivity contribution >= 4 is 22.7 Å². The monoisotopic (exact) mass is 276 g/mol. The molecule has 2 aromatic rings. The lowest BCUT2D eigenvalue weighted by Crippen LogP contribution is -2.16. The highest BCUT2D eigenvalue weighted by molar-refractivity contribution is 7.09. The van der Waals surface area contributed by atoms with Gasteiger partial charge in [0.05, 0.1) is 11.4 Å². The second-order valence-corrected chi connectivity index (χ2v) is 5.37. The number of anilines is 2. The van der Waals surface area contributed by atoms with Crippen LogP contribution in [0.25, 0.3) is 0 Å². The van der Waals surface area contributed by atoms with Gasteiger partial charge in [-0.05, 0) is 17.9 Å². The molecule has 0 amide bonds. The van der Waals surface area contributed by atoms with Crippen molar-refractivity contribution in [2.24, 2.45) is 0 Å². The van der Waals surface area contributed by atoms with Gasteiger partial charge in [-0.2, -0.15) is 0 Å². The molecule has 0 saturated carbocycles. The SMILES string of the molecule is Nc1cc2c(cc1NCCc1cccs1)OCCO2. The molecule has 0 fully saturated rings. The van der Waals surface area contributed by atoms with E-state index in [4.69, 9.17) is 15.2 Å². The molecule has 3 rings (SSSR count). The number of benzene rings is 1. The number of ether oxygens (including phenoxy) is 2. The fraction of sp³-hybridized carbons (Fsp3) is 0.286.